The second kappa shape index (κ2) is 6.13. The molecule has 4 nitrogen and oxygen atoms in total. The Kier molecular flexibility index (Phi) is 3.87. The van der Waals surface area contributed by atoms with Crippen molar-refractivity contribution in [1.29, 1.82) is 0 Å². The van der Waals surface area contributed by atoms with Gasteiger partial charge in [-0.05, 0) is 24.6 Å². The summed E-state index contributed by atoms with van der Waals surface area (Å²) in [6.45, 7) is 2.81. The van der Waals surface area contributed by atoms with Gasteiger partial charge in [-0.15, -0.1) is 0 Å². The van der Waals surface area contributed by atoms with Crippen molar-refractivity contribution in [2.75, 3.05) is 5.32 Å². The van der Waals surface area contributed by atoms with Crippen LogP contribution in [0.25, 0.3) is 11.3 Å². The highest BCUT2D eigenvalue weighted by Crippen LogP contribution is 2.23. The van der Waals surface area contributed by atoms with E-state index in [0.29, 0.717) is 0 Å². The fourth-order valence-corrected chi connectivity index (χ4v) is 2.20. The molecule has 0 unspecified atom stereocenters. The minimum absolute atomic E-state index is 0.721. The van der Waals surface area contributed by atoms with Gasteiger partial charge in [-0.2, -0.15) is 0 Å². The average Bonchev–Trinajstić information content (AvgIpc) is 2.54. The number of aromatic nitrogens is 3. The molecule has 0 spiro atoms. The van der Waals surface area contributed by atoms with E-state index in [2.05, 4.69) is 51.5 Å². The summed E-state index contributed by atoms with van der Waals surface area (Å²) in [5.41, 5.74) is 4.32. The van der Waals surface area contributed by atoms with Crippen molar-refractivity contribution in [1.82, 2.24) is 15.0 Å². The summed E-state index contributed by atoms with van der Waals surface area (Å²) < 4.78 is 0. The van der Waals surface area contributed by atoms with E-state index < -0.39 is 0 Å². The van der Waals surface area contributed by atoms with Gasteiger partial charge in [0.25, 0.3) is 0 Å². The van der Waals surface area contributed by atoms with Crippen molar-refractivity contribution >= 4 is 5.82 Å². The number of benzene rings is 1. The van der Waals surface area contributed by atoms with Crippen molar-refractivity contribution in [2.45, 2.75) is 13.5 Å². The van der Waals surface area contributed by atoms with Crippen LogP contribution in [0.3, 0.4) is 0 Å². The molecule has 0 bridgehead atoms. The third-order valence-corrected chi connectivity index (χ3v) is 3.19. The lowest BCUT2D eigenvalue weighted by Crippen LogP contribution is -2.04. The maximum atomic E-state index is 4.43. The van der Waals surface area contributed by atoms with Crippen LogP contribution in [-0.2, 0) is 6.54 Å². The first-order valence-corrected chi connectivity index (χ1v) is 6.84. The molecule has 0 aliphatic carbocycles. The van der Waals surface area contributed by atoms with Crippen LogP contribution in [0.2, 0.25) is 0 Å². The third-order valence-electron chi connectivity index (χ3n) is 3.19. The Hall–Kier alpha value is -2.75. The Morgan fingerprint density at radius 3 is 2.57 bits per heavy atom. The van der Waals surface area contributed by atoms with Crippen LogP contribution in [0, 0.1) is 6.92 Å². The largest absolute Gasteiger partial charge is 0.364 e. The minimum atomic E-state index is 0.721. The number of nitrogens with one attached hydrogen (secondary N) is 1. The van der Waals surface area contributed by atoms with E-state index in [4.69, 9.17) is 0 Å². The van der Waals surface area contributed by atoms with Crippen LogP contribution in [0.15, 0.2) is 61.2 Å². The minimum Gasteiger partial charge on any atom is -0.364 e. The first-order valence-electron chi connectivity index (χ1n) is 6.84. The molecule has 0 atom stereocenters. The van der Waals surface area contributed by atoms with Crippen molar-refractivity contribution in [3.63, 3.8) is 0 Å². The van der Waals surface area contributed by atoms with Gasteiger partial charge in [0.2, 0.25) is 0 Å². The van der Waals surface area contributed by atoms with E-state index in [1.807, 2.05) is 12.1 Å². The zero-order chi connectivity index (χ0) is 14.5. The van der Waals surface area contributed by atoms with Crippen LogP contribution in [-0.4, -0.2) is 15.0 Å². The molecule has 1 N–H and O–H groups in total. The molecular formula is C17H16N4. The first-order chi connectivity index (χ1) is 10.3. The molecule has 1 aromatic carbocycles. The van der Waals surface area contributed by atoms with Gasteiger partial charge in [0, 0.05) is 36.9 Å². The first kappa shape index (κ1) is 13.2. The number of pyridine rings is 1. The van der Waals surface area contributed by atoms with Gasteiger partial charge in [-0.3, -0.25) is 9.97 Å². The Labute approximate surface area is 123 Å². The molecule has 3 aromatic rings. The SMILES string of the molecule is Cc1cccc(CNc2nccnc2-c2ccncc2)c1. The Morgan fingerprint density at radius 2 is 1.76 bits per heavy atom. The molecule has 0 saturated heterocycles. The molecule has 0 saturated carbocycles. The number of rotatable bonds is 4. The Morgan fingerprint density at radius 1 is 0.952 bits per heavy atom. The summed E-state index contributed by atoms with van der Waals surface area (Å²) in [6, 6.07) is 12.3. The summed E-state index contributed by atoms with van der Waals surface area (Å²) in [5, 5.41) is 3.36. The van der Waals surface area contributed by atoms with Crippen LogP contribution < -0.4 is 5.32 Å². The van der Waals surface area contributed by atoms with Crippen LogP contribution in [0.5, 0.6) is 0 Å². The molecule has 104 valence electrons. The molecule has 0 radical (unpaired) electrons. The van der Waals surface area contributed by atoms with E-state index in [9.17, 15) is 0 Å². The number of hydrogen-bond donors (Lipinski definition) is 1. The van der Waals surface area contributed by atoms with Gasteiger partial charge in [-0.25, -0.2) is 4.98 Å². The zero-order valence-corrected chi connectivity index (χ0v) is 11.8. The van der Waals surface area contributed by atoms with Gasteiger partial charge in [0.15, 0.2) is 5.82 Å². The highest BCUT2D eigenvalue weighted by atomic mass is 15.0. The normalized spacial score (nSPS) is 10.3. The number of aryl methyl sites for hydroxylation is 1. The van der Waals surface area contributed by atoms with Gasteiger partial charge < -0.3 is 5.32 Å². The molecule has 3 rings (SSSR count). The molecule has 4 heteroatoms. The topological polar surface area (TPSA) is 50.7 Å². The number of hydrogen-bond acceptors (Lipinski definition) is 4. The van der Waals surface area contributed by atoms with E-state index in [1.165, 1.54) is 11.1 Å². The molecule has 21 heavy (non-hydrogen) atoms. The predicted molar refractivity (Wildman–Crippen MR) is 83.8 cm³/mol. The average molecular weight is 276 g/mol. The summed E-state index contributed by atoms with van der Waals surface area (Å²) in [6.07, 6.45) is 6.92. The maximum Gasteiger partial charge on any atom is 0.152 e. The molecule has 2 heterocycles. The van der Waals surface area contributed by atoms with Gasteiger partial charge in [0.05, 0.1) is 0 Å². The number of anilines is 1. The molecule has 0 fully saturated rings. The molecule has 0 aliphatic heterocycles. The molecule has 0 amide bonds. The van der Waals surface area contributed by atoms with E-state index >= 15 is 0 Å². The smallest absolute Gasteiger partial charge is 0.152 e. The van der Waals surface area contributed by atoms with Crippen molar-refractivity contribution in [3.8, 4) is 11.3 Å². The summed E-state index contributed by atoms with van der Waals surface area (Å²) in [4.78, 5) is 12.9. The van der Waals surface area contributed by atoms with E-state index in [-0.39, 0.29) is 0 Å². The number of nitrogens with zero attached hydrogens (tertiary/aromatic N) is 3. The van der Waals surface area contributed by atoms with E-state index in [1.54, 1.807) is 24.8 Å². The lowest BCUT2D eigenvalue weighted by Gasteiger charge is -2.10. The third kappa shape index (κ3) is 3.23. The quantitative estimate of drug-likeness (QED) is 0.793. The van der Waals surface area contributed by atoms with Crippen LogP contribution in [0.1, 0.15) is 11.1 Å². The highest BCUT2D eigenvalue weighted by Gasteiger charge is 2.07. The molecular weight excluding hydrogens is 260 g/mol. The summed E-state index contributed by atoms with van der Waals surface area (Å²) in [5.74, 6) is 0.783. The van der Waals surface area contributed by atoms with Crippen molar-refractivity contribution < 1.29 is 0 Å². The monoisotopic (exact) mass is 276 g/mol. The molecule has 0 aliphatic rings. The Balaban J connectivity index is 1.83. The van der Waals surface area contributed by atoms with Crippen molar-refractivity contribution in [2.24, 2.45) is 0 Å². The summed E-state index contributed by atoms with van der Waals surface area (Å²) in [7, 11) is 0. The Bertz CT molecular complexity index is 726. The highest BCUT2D eigenvalue weighted by molar-refractivity contribution is 5.70. The van der Waals surface area contributed by atoms with E-state index in [0.717, 1.165) is 23.6 Å². The van der Waals surface area contributed by atoms with Gasteiger partial charge in [0.1, 0.15) is 5.69 Å². The fourth-order valence-electron chi connectivity index (χ4n) is 2.20. The summed E-state index contributed by atoms with van der Waals surface area (Å²) >= 11 is 0. The lowest BCUT2D eigenvalue weighted by molar-refractivity contribution is 1.08. The standard InChI is InChI=1S/C17H16N4/c1-13-3-2-4-14(11-13)12-21-17-16(19-9-10-20-17)15-5-7-18-8-6-15/h2-11H,12H2,1H3,(H,20,21). The second-order valence-electron chi connectivity index (χ2n) is 4.83. The van der Waals surface area contributed by atoms with Crippen LogP contribution in [0.4, 0.5) is 5.82 Å². The fraction of sp³-hybridized carbons (Fsp3) is 0.118. The predicted octanol–water partition coefficient (Wildman–Crippen LogP) is 3.46. The van der Waals surface area contributed by atoms with Crippen molar-refractivity contribution in [3.05, 3.63) is 72.3 Å². The molecule has 2 aromatic heterocycles. The van der Waals surface area contributed by atoms with Gasteiger partial charge in [-0.1, -0.05) is 29.8 Å². The zero-order valence-electron chi connectivity index (χ0n) is 11.8. The van der Waals surface area contributed by atoms with Gasteiger partial charge >= 0.3 is 0 Å². The maximum absolute atomic E-state index is 4.43. The van der Waals surface area contributed by atoms with Crippen LogP contribution >= 0.6 is 0 Å². The second-order valence-corrected chi connectivity index (χ2v) is 4.83. The lowest BCUT2D eigenvalue weighted by atomic mass is 10.1.